The predicted molar refractivity (Wildman–Crippen MR) is 113 cm³/mol. The number of amides is 1. The van der Waals surface area contributed by atoms with Crippen LogP contribution in [0.15, 0.2) is 34.9 Å². The van der Waals surface area contributed by atoms with Crippen LogP contribution in [0.25, 0.3) is 0 Å². The first kappa shape index (κ1) is 20.9. The van der Waals surface area contributed by atoms with Gasteiger partial charge in [-0.2, -0.15) is 0 Å². The minimum absolute atomic E-state index is 0.195. The summed E-state index contributed by atoms with van der Waals surface area (Å²) in [7, 11) is 1.61. The smallest absolute Gasteiger partial charge is 0.255 e. The van der Waals surface area contributed by atoms with Gasteiger partial charge in [0.25, 0.3) is 5.91 Å². The van der Waals surface area contributed by atoms with Crippen LogP contribution in [0.2, 0.25) is 0 Å². The third-order valence-electron chi connectivity index (χ3n) is 5.67. The fraction of sp³-hybridized carbons (Fsp3) is 0.409. The van der Waals surface area contributed by atoms with E-state index in [4.69, 9.17) is 9.15 Å². The van der Waals surface area contributed by atoms with Gasteiger partial charge in [0, 0.05) is 38.2 Å². The molecule has 1 aliphatic heterocycles. The number of hydrogen-bond donors (Lipinski definition) is 2. The summed E-state index contributed by atoms with van der Waals surface area (Å²) in [4.78, 5) is 14.8. The van der Waals surface area contributed by atoms with E-state index in [0.717, 1.165) is 42.5 Å². The summed E-state index contributed by atoms with van der Waals surface area (Å²) in [5.74, 6) is 3.00. The van der Waals surface area contributed by atoms with Crippen LogP contribution in [-0.2, 0) is 19.5 Å². The lowest BCUT2D eigenvalue weighted by Crippen LogP contribution is -2.30. The summed E-state index contributed by atoms with van der Waals surface area (Å²) in [6.07, 6.45) is 2.24. The Hall–Kier alpha value is -3.33. The number of carbonyl (C=O) groups excluding carboxylic acids is 1. The summed E-state index contributed by atoms with van der Waals surface area (Å²) >= 11 is 0. The van der Waals surface area contributed by atoms with Crippen molar-refractivity contribution in [2.24, 2.45) is 0 Å². The first-order valence-corrected chi connectivity index (χ1v) is 10.3. The second kappa shape index (κ2) is 8.81. The molecule has 2 aromatic heterocycles. The maximum Gasteiger partial charge on any atom is 0.255 e. The van der Waals surface area contributed by atoms with Crippen LogP contribution in [-0.4, -0.2) is 50.9 Å². The molecule has 9 nitrogen and oxygen atoms in total. The van der Waals surface area contributed by atoms with Crippen molar-refractivity contribution in [3.63, 3.8) is 0 Å². The van der Waals surface area contributed by atoms with Crippen LogP contribution in [0.1, 0.15) is 46.3 Å². The normalized spacial score (nSPS) is 15.2. The zero-order valence-corrected chi connectivity index (χ0v) is 18.0. The molecule has 0 saturated carbocycles. The van der Waals surface area contributed by atoms with Gasteiger partial charge >= 0.3 is 0 Å². The molecular weight excluding hydrogens is 398 g/mol. The monoisotopic (exact) mass is 425 g/mol. The number of phenols is 1. The molecule has 4 rings (SSSR count). The number of phenolic OH excluding ortho intramolecular Hbond substituents is 1. The molecule has 1 atom stereocenters. The number of aromatic hydroxyl groups is 1. The zero-order chi connectivity index (χ0) is 22.0. The molecular formula is C22H27N5O4. The quantitative estimate of drug-likeness (QED) is 0.625. The van der Waals surface area contributed by atoms with Crippen LogP contribution in [0.4, 0.5) is 0 Å². The maximum absolute atomic E-state index is 12.5. The second-order valence-corrected chi connectivity index (χ2v) is 7.73. The third kappa shape index (κ3) is 4.41. The van der Waals surface area contributed by atoms with E-state index in [-0.39, 0.29) is 17.7 Å². The average molecular weight is 425 g/mol. The van der Waals surface area contributed by atoms with Gasteiger partial charge in [0.05, 0.1) is 25.0 Å². The van der Waals surface area contributed by atoms with Gasteiger partial charge < -0.3 is 24.1 Å². The third-order valence-corrected chi connectivity index (χ3v) is 5.67. The molecule has 3 aromatic rings. The van der Waals surface area contributed by atoms with Crippen LogP contribution in [0, 0.1) is 6.92 Å². The lowest BCUT2D eigenvalue weighted by atomic mass is 10.1. The molecule has 0 spiro atoms. The Morgan fingerprint density at radius 1 is 1.29 bits per heavy atom. The largest absolute Gasteiger partial charge is 0.508 e. The standard InChI is InChI=1S/C22H27N5O4/c1-14(23-22(29)18-7-11-31-15(18)2)21-25-24-20-6-8-26(9-10-27(20)21)13-16-12-17(30-3)4-5-19(16)28/h4-5,7,11-12,14,28H,6,8-10,13H2,1-3H3,(H,23,29)/t14-/m0/s1. The molecule has 0 radical (unpaired) electrons. The average Bonchev–Trinajstić information content (AvgIpc) is 3.32. The number of hydrogen-bond acceptors (Lipinski definition) is 7. The number of furan rings is 1. The molecule has 0 fully saturated rings. The Kier molecular flexibility index (Phi) is 5.94. The molecule has 0 aliphatic carbocycles. The van der Waals surface area contributed by atoms with Crippen LogP contribution < -0.4 is 10.1 Å². The molecule has 3 heterocycles. The fourth-order valence-electron chi connectivity index (χ4n) is 3.88. The van der Waals surface area contributed by atoms with E-state index in [2.05, 4.69) is 25.0 Å². The highest BCUT2D eigenvalue weighted by Gasteiger charge is 2.24. The Bertz CT molecular complexity index is 1070. The number of nitrogens with one attached hydrogen (secondary N) is 1. The van der Waals surface area contributed by atoms with E-state index in [9.17, 15) is 9.90 Å². The first-order chi connectivity index (χ1) is 15.0. The van der Waals surface area contributed by atoms with Crippen molar-refractivity contribution in [3.8, 4) is 11.5 Å². The Morgan fingerprint density at radius 3 is 2.87 bits per heavy atom. The molecule has 1 amide bonds. The van der Waals surface area contributed by atoms with E-state index >= 15 is 0 Å². The molecule has 2 N–H and O–H groups in total. The van der Waals surface area contributed by atoms with Gasteiger partial charge in [-0.1, -0.05) is 0 Å². The number of methoxy groups -OCH3 is 1. The van der Waals surface area contributed by atoms with Gasteiger partial charge in [0.15, 0.2) is 5.82 Å². The minimum atomic E-state index is -0.294. The van der Waals surface area contributed by atoms with Gasteiger partial charge in [0.1, 0.15) is 23.1 Å². The number of rotatable bonds is 6. The number of fused-ring (bicyclic) bond motifs is 1. The molecule has 0 bridgehead atoms. The van der Waals surface area contributed by atoms with Crippen LogP contribution in [0.3, 0.4) is 0 Å². The van der Waals surface area contributed by atoms with Crippen molar-refractivity contribution in [2.45, 2.75) is 39.4 Å². The summed E-state index contributed by atoms with van der Waals surface area (Å²) in [5, 5.41) is 21.9. The SMILES string of the molecule is COc1ccc(O)c(CN2CCc3nnc([C@H](C)NC(=O)c4ccoc4C)n3CC2)c1. The number of aryl methyl sites for hydroxylation is 1. The van der Waals surface area contributed by atoms with E-state index in [0.29, 0.717) is 24.4 Å². The topological polar surface area (TPSA) is 106 Å². The van der Waals surface area contributed by atoms with Crippen molar-refractivity contribution in [1.82, 2.24) is 25.0 Å². The first-order valence-electron chi connectivity index (χ1n) is 10.3. The van der Waals surface area contributed by atoms with Crippen molar-refractivity contribution in [2.75, 3.05) is 20.2 Å². The maximum atomic E-state index is 12.5. The van der Waals surface area contributed by atoms with Gasteiger partial charge in [-0.25, -0.2) is 0 Å². The Labute approximate surface area is 180 Å². The van der Waals surface area contributed by atoms with Gasteiger partial charge in [0.2, 0.25) is 0 Å². The van der Waals surface area contributed by atoms with E-state index < -0.39 is 0 Å². The molecule has 0 unspecified atom stereocenters. The molecule has 1 aromatic carbocycles. The predicted octanol–water partition coefficient (Wildman–Crippen LogP) is 2.44. The number of nitrogens with zero attached hydrogens (tertiary/aromatic N) is 4. The van der Waals surface area contributed by atoms with Crippen molar-refractivity contribution in [3.05, 3.63) is 59.1 Å². The lowest BCUT2D eigenvalue weighted by Gasteiger charge is -2.21. The highest BCUT2D eigenvalue weighted by atomic mass is 16.5. The highest BCUT2D eigenvalue weighted by molar-refractivity contribution is 5.95. The lowest BCUT2D eigenvalue weighted by molar-refractivity contribution is 0.0936. The number of carbonyl (C=O) groups is 1. The van der Waals surface area contributed by atoms with E-state index in [1.165, 1.54) is 6.26 Å². The molecule has 0 saturated heterocycles. The number of ether oxygens (including phenoxy) is 1. The van der Waals surface area contributed by atoms with Gasteiger partial charge in [-0.3, -0.25) is 9.69 Å². The molecule has 1 aliphatic rings. The zero-order valence-electron chi connectivity index (χ0n) is 18.0. The molecule has 164 valence electrons. The van der Waals surface area contributed by atoms with Crippen LogP contribution in [0.5, 0.6) is 11.5 Å². The van der Waals surface area contributed by atoms with Gasteiger partial charge in [-0.05, 0) is 38.1 Å². The summed E-state index contributed by atoms with van der Waals surface area (Å²) in [6, 6.07) is 6.63. The van der Waals surface area contributed by atoms with Gasteiger partial charge in [-0.15, -0.1) is 10.2 Å². The van der Waals surface area contributed by atoms with Crippen molar-refractivity contribution in [1.29, 1.82) is 0 Å². The summed E-state index contributed by atoms with van der Waals surface area (Å²) < 4.78 is 12.6. The minimum Gasteiger partial charge on any atom is -0.508 e. The summed E-state index contributed by atoms with van der Waals surface area (Å²) in [6.45, 7) is 6.55. The second-order valence-electron chi connectivity index (χ2n) is 7.73. The molecule has 31 heavy (non-hydrogen) atoms. The Morgan fingerprint density at radius 2 is 2.13 bits per heavy atom. The number of benzene rings is 1. The van der Waals surface area contributed by atoms with Crippen molar-refractivity contribution < 1.29 is 19.1 Å². The van der Waals surface area contributed by atoms with Crippen molar-refractivity contribution >= 4 is 5.91 Å². The van der Waals surface area contributed by atoms with E-state index in [1.54, 1.807) is 32.2 Å². The Balaban J connectivity index is 1.44. The van der Waals surface area contributed by atoms with E-state index in [1.807, 2.05) is 13.0 Å². The summed E-state index contributed by atoms with van der Waals surface area (Å²) in [5.41, 5.74) is 1.35. The number of aromatic nitrogens is 3. The highest BCUT2D eigenvalue weighted by Crippen LogP contribution is 2.25. The fourth-order valence-corrected chi connectivity index (χ4v) is 3.88. The molecule has 9 heteroatoms. The van der Waals surface area contributed by atoms with Crippen LogP contribution >= 0.6 is 0 Å².